The minimum atomic E-state index is -1.29. The molecule has 1 fully saturated rings. The van der Waals surface area contributed by atoms with Gasteiger partial charge in [0.1, 0.15) is 0 Å². The van der Waals surface area contributed by atoms with Crippen molar-refractivity contribution in [1.82, 2.24) is 9.80 Å². The minimum absolute atomic E-state index is 0.154. The van der Waals surface area contributed by atoms with E-state index in [4.69, 9.17) is 0 Å². The first kappa shape index (κ1) is 17.7. The summed E-state index contributed by atoms with van der Waals surface area (Å²) in [6.07, 6.45) is 1.35. The van der Waals surface area contributed by atoms with Crippen molar-refractivity contribution in [1.29, 1.82) is 0 Å². The summed E-state index contributed by atoms with van der Waals surface area (Å²) in [5.41, 5.74) is 2.03. The van der Waals surface area contributed by atoms with Crippen molar-refractivity contribution in [2.75, 3.05) is 26.7 Å². The molecule has 1 aliphatic heterocycles. The number of aryl methyl sites for hydroxylation is 1. The van der Waals surface area contributed by atoms with Gasteiger partial charge < -0.3 is 10.0 Å². The number of likely N-dealkylation sites (N-methyl/N-ethyl adjacent to an activating group) is 1. The van der Waals surface area contributed by atoms with E-state index in [9.17, 15) is 9.90 Å². The Labute approximate surface area is 139 Å². The molecule has 1 aromatic carbocycles. The molecule has 1 heterocycles. The first-order chi connectivity index (χ1) is 10.8. The van der Waals surface area contributed by atoms with Crippen LogP contribution in [0.5, 0.6) is 0 Å². The molecule has 1 unspecified atom stereocenters. The Kier molecular flexibility index (Phi) is 5.60. The molecule has 1 aliphatic rings. The second-order valence-electron chi connectivity index (χ2n) is 6.98. The Balaban J connectivity index is 2.06. The number of likely N-dealkylation sites (tertiary alicyclic amines) is 1. The van der Waals surface area contributed by atoms with Crippen LogP contribution in [-0.2, 0) is 11.3 Å². The third kappa shape index (κ3) is 4.66. The maximum atomic E-state index is 12.8. The van der Waals surface area contributed by atoms with Crippen LogP contribution < -0.4 is 0 Å². The van der Waals surface area contributed by atoms with Crippen LogP contribution in [0.4, 0.5) is 0 Å². The lowest BCUT2D eigenvalue weighted by molar-refractivity contribution is -0.159. The van der Waals surface area contributed by atoms with Gasteiger partial charge in [-0.3, -0.25) is 9.69 Å². The highest BCUT2D eigenvalue weighted by atomic mass is 16.3. The maximum absolute atomic E-state index is 12.8. The number of hydrogen-bond acceptors (Lipinski definition) is 3. The molecule has 0 aliphatic carbocycles. The standard InChI is InChI=1S/C19H28N2O2/c1-15(2)12-20(4)14-19(23)9-6-10-21(18(19)22)13-17-8-5-7-16(3)11-17/h5,7-8,11,23H,1,6,9-10,12-14H2,2-4H3. The lowest BCUT2D eigenvalue weighted by Crippen LogP contribution is -2.58. The summed E-state index contributed by atoms with van der Waals surface area (Å²) in [5, 5.41) is 10.9. The smallest absolute Gasteiger partial charge is 0.256 e. The molecule has 0 radical (unpaired) electrons. The van der Waals surface area contributed by atoms with Crippen molar-refractivity contribution in [2.24, 2.45) is 0 Å². The fourth-order valence-electron chi connectivity index (χ4n) is 3.36. The summed E-state index contributed by atoms with van der Waals surface area (Å²) in [5.74, 6) is -0.154. The molecule has 4 nitrogen and oxygen atoms in total. The Bertz CT molecular complexity index is 584. The van der Waals surface area contributed by atoms with Crippen LogP contribution in [0.25, 0.3) is 0 Å². The lowest BCUT2D eigenvalue weighted by atomic mass is 9.90. The van der Waals surface area contributed by atoms with Gasteiger partial charge in [0, 0.05) is 26.2 Å². The number of aliphatic hydroxyl groups is 1. The van der Waals surface area contributed by atoms with Gasteiger partial charge in [-0.2, -0.15) is 0 Å². The van der Waals surface area contributed by atoms with E-state index in [1.54, 1.807) is 4.90 Å². The van der Waals surface area contributed by atoms with E-state index >= 15 is 0 Å². The SMILES string of the molecule is C=C(C)CN(C)CC1(O)CCCN(Cc2cccc(C)c2)C1=O. The molecule has 0 bridgehead atoms. The summed E-state index contributed by atoms with van der Waals surface area (Å²) in [7, 11) is 1.92. The maximum Gasteiger partial charge on any atom is 0.256 e. The van der Waals surface area contributed by atoms with Gasteiger partial charge in [-0.15, -0.1) is 0 Å². The Morgan fingerprint density at radius 1 is 1.48 bits per heavy atom. The molecule has 23 heavy (non-hydrogen) atoms. The highest BCUT2D eigenvalue weighted by Crippen LogP contribution is 2.25. The molecular weight excluding hydrogens is 288 g/mol. The van der Waals surface area contributed by atoms with Gasteiger partial charge >= 0.3 is 0 Å². The predicted molar refractivity (Wildman–Crippen MR) is 93.1 cm³/mol. The highest BCUT2D eigenvalue weighted by Gasteiger charge is 2.42. The van der Waals surface area contributed by atoms with Crippen LogP contribution in [0.15, 0.2) is 36.4 Å². The number of benzene rings is 1. The van der Waals surface area contributed by atoms with E-state index in [2.05, 4.69) is 12.6 Å². The average molecular weight is 316 g/mol. The highest BCUT2D eigenvalue weighted by molar-refractivity contribution is 5.86. The van der Waals surface area contributed by atoms with Crippen molar-refractivity contribution < 1.29 is 9.90 Å². The van der Waals surface area contributed by atoms with Gasteiger partial charge in [-0.25, -0.2) is 0 Å². The van der Waals surface area contributed by atoms with Crippen LogP contribution in [0, 0.1) is 6.92 Å². The topological polar surface area (TPSA) is 43.8 Å². The molecule has 126 valence electrons. The van der Waals surface area contributed by atoms with E-state index < -0.39 is 5.60 Å². The predicted octanol–water partition coefficient (Wildman–Crippen LogP) is 2.36. The second kappa shape index (κ2) is 7.28. The molecule has 1 N–H and O–H groups in total. The van der Waals surface area contributed by atoms with Crippen molar-refractivity contribution in [3.8, 4) is 0 Å². The summed E-state index contributed by atoms with van der Waals surface area (Å²) in [4.78, 5) is 16.5. The Morgan fingerprint density at radius 3 is 2.87 bits per heavy atom. The summed E-state index contributed by atoms with van der Waals surface area (Å²) in [6.45, 7) is 10.2. The van der Waals surface area contributed by atoms with E-state index in [1.807, 2.05) is 44.0 Å². The molecule has 1 atom stereocenters. The number of nitrogens with zero attached hydrogens (tertiary/aromatic N) is 2. The lowest BCUT2D eigenvalue weighted by Gasteiger charge is -2.40. The third-order valence-corrected chi connectivity index (χ3v) is 4.23. The van der Waals surface area contributed by atoms with Gasteiger partial charge in [0.05, 0.1) is 0 Å². The van der Waals surface area contributed by atoms with Crippen molar-refractivity contribution >= 4 is 5.91 Å². The van der Waals surface area contributed by atoms with Gasteiger partial charge in [0.25, 0.3) is 5.91 Å². The van der Waals surface area contributed by atoms with Crippen molar-refractivity contribution in [3.05, 3.63) is 47.5 Å². The molecule has 1 saturated heterocycles. The van der Waals surface area contributed by atoms with Crippen LogP contribution in [-0.4, -0.2) is 53.1 Å². The first-order valence-electron chi connectivity index (χ1n) is 8.20. The number of carbonyl (C=O) groups is 1. The van der Waals surface area contributed by atoms with Crippen molar-refractivity contribution in [3.63, 3.8) is 0 Å². The molecule has 2 rings (SSSR count). The zero-order valence-electron chi connectivity index (χ0n) is 14.5. The van der Waals surface area contributed by atoms with E-state index in [0.717, 1.165) is 17.6 Å². The Morgan fingerprint density at radius 2 is 2.22 bits per heavy atom. The molecule has 1 amide bonds. The van der Waals surface area contributed by atoms with Crippen LogP contribution in [0.1, 0.15) is 30.9 Å². The minimum Gasteiger partial charge on any atom is -0.379 e. The number of carbonyl (C=O) groups excluding carboxylic acids is 1. The second-order valence-corrected chi connectivity index (χ2v) is 6.98. The normalized spacial score (nSPS) is 21.8. The molecule has 0 saturated carbocycles. The number of amides is 1. The Hall–Kier alpha value is -1.65. The third-order valence-electron chi connectivity index (χ3n) is 4.23. The van der Waals surface area contributed by atoms with Crippen molar-refractivity contribution in [2.45, 2.75) is 38.8 Å². The molecule has 4 heteroatoms. The van der Waals surface area contributed by atoms with E-state index in [1.165, 1.54) is 5.56 Å². The van der Waals surface area contributed by atoms with Crippen LogP contribution in [0.2, 0.25) is 0 Å². The molecule has 1 aromatic rings. The molecule has 0 spiro atoms. The van der Waals surface area contributed by atoms with Gasteiger partial charge in [-0.1, -0.05) is 42.0 Å². The van der Waals surface area contributed by atoms with Gasteiger partial charge in [-0.05, 0) is 39.3 Å². The number of hydrogen-bond donors (Lipinski definition) is 1. The number of piperidine rings is 1. The number of rotatable bonds is 6. The van der Waals surface area contributed by atoms with Crippen LogP contribution in [0.3, 0.4) is 0 Å². The summed E-state index contributed by atoms with van der Waals surface area (Å²) < 4.78 is 0. The monoisotopic (exact) mass is 316 g/mol. The molecular formula is C19H28N2O2. The van der Waals surface area contributed by atoms with Crippen LogP contribution >= 0.6 is 0 Å². The van der Waals surface area contributed by atoms with E-state index in [0.29, 0.717) is 32.6 Å². The van der Waals surface area contributed by atoms with E-state index in [-0.39, 0.29) is 5.91 Å². The summed E-state index contributed by atoms with van der Waals surface area (Å²) >= 11 is 0. The van der Waals surface area contributed by atoms with Gasteiger partial charge in [0.15, 0.2) is 5.60 Å². The summed E-state index contributed by atoms with van der Waals surface area (Å²) in [6, 6.07) is 8.17. The van der Waals surface area contributed by atoms with Gasteiger partial charge in [0.2, 0.25) is 0 Å². The largest absolute Gasteiger partial charge is 0.379 e. The first-order valence-corrected chi connectivity index (χ1v) is 8.20. The zero-order valence-corrected chi connectivity index (χ0v) is 14.5. The quantitative estimate of drug-likeness (QED) is 0.819. The fraction of sp³-hybridized carbons (Fsp3) is 0.526. The fourth-order valence-corrected chi connectivity index (χ4v) is 3.36. The average Bonchev–Trinajstić information content (AvgIpc) is 2.43. The molecule has 0 aromatic heterocycles. The zero-order chi connectivity index (χ0) is 17.0.